The van der Waals surface area contributed by atoms with E-state index in [2.05, 4.69) is 5.32 Å². The molecular formula is C17H24N2O. The maximum absolute atomic E-state index is 12.4. The van der Waals surface area contributed by atoms with E-state index in [0.717, 1.165) is 24.0 Å². The first kappa shape index (κ1) is 13.6. The van der Waals surface area contributed by atoms with E-state index in [1.165, 1.54) is 19.3 Å². The number of amides is 1. The molecule has 1 aromatic rings. The molecule has 2 saturated carbocycles. The third-order valence-corrected chi connectivity index (χ3v) is 4.95. The van der Waals surface area contributed by atoms with Crippen molar-refractivity contribution >= 4 is 5.91 Å². The van der Waals surface area contributed by atoms with Crippen LogP contribution in [0.1, 0.15) is 48.0 Å². The first-order valence-electron chi connectivity index (χ1n) is 7.76. The van der Waals surface area contributed by atoms with Gasteiger partial charge in [-0.1, -0.05) is 24.1 Å². The summed E-state index contributed by atoms with van der Waals surface area (Å²) in [4.78, 5) is 12.4. The number of fused-ring (bicyclic) bond motifs is 2. The molecule has 0 aromatic heterocycles. The van der Waals surface area contributed by atoms with Gasteiger partial charge in [0.15, 0.2) is 0 Å². The van der Waals surface area contributed by atoms with E-state index in [4.69, 9.17) is 5.73 Å². The van der Waals surface area contributed by atoms with Crippen LogP contribution < -0.4 is 11.1 Å². The molecule has 0 radical (unpaired) electrons. The standard InChI is InChI=1S/C17H24N2O/c1-11-4-2-7-14(8-11)17(20)19-16-12-5-3-6-13(16)10-15(18)9-12/h2,4,7-8,12-13,15-16H,3,5-6,9-10,18H2,1H3,(H,19,20). The van der Waals surface area contributed by atoms with Gasteiger partial charge in [-0.05, 0) is 56.6 Å². The predicted octanol–water partition coefficient (Wildman–Crippen LogP) is 2.63. The molecule has 2 aliphatic carbocycles. The molecule has 2 bridgehead atoms. The van der Waals surface area contributed by atoms with Crippen LogP contribution in [0.25, 0.3) is 0 Å². The highest BCUT2D eigenvalue weighted by molar-refractivity contribution is 5.94. The summed E-state index contributed by atoms with van der Waals surface area (Å²) in [5.41, 5.74) is 8.04. The lowest BCUT2D eigenvalue weighted by Gasteiger charge is -2.45. The molecule has 108 valence electrons. The maximum atomic E-state index is 12.4. The van der Waals surface area contributed by atoms with Crippen molar-refractivity contribution in [2.45, 2.75) is 51.1 Å². The Bertz CT molecular complexity index is 486. The van der Waals surface area contributed by atoms with Gasteiger partial charge in [-0.15, -0.1) is 0 Å². The number of aryl methyl sites for hydroxylation is 1. The molecule has 3 N–H and O–H groups in total. The number of nitrogens with one attached hydrogen (secondary N) is 1. The molecule has 2 aliphatic rings. The topological polar surface area (TPSA) is 55.1 Å². The van der Waals surface area contributed by atoms with Crippen LogP contribution in [-0.4, -0.2) is 18.0 Å². The first-order chi connectivity index (χ1) is 9.63. The Morgan fingerprint density at radius 1 is 1.25 bits per heavy atom. The number of carbonyl (C=O) groups excluding carboxylic acids is 1. The van der Waals surface area contributed by atoms with Crippen LogP contribution in [0, 0.1) is 18.8 Å². The fourth-order valence-electron chi connectivity index (χ4n) is 4.05. The van der Waals surface area contributed by atoms with Crippen molar-refractivity contribution in [2.24, 2.45) is 17.6 Å². The van der Waals surface area contributed by atoms with Gasteiger partial charge in [-0.2, -0.15) is 0 Å². The third-order valence-electron chi connectivity index (χ3n) is 4.95. The van der Waals surface area contributed by atoms with Crippen molar-refractivity contribution in [2.75, 3.05) is 0 Å². The number of rotatable bonds is 2. The van der Waals surface area contributed by atoms with Gasteiger partial charge in [0.05, 0.1) is 0 Å². The zero-order valence-corrected chi connectivity index (χ0v) is 12.1. The van der Waals surface area contributed by atoms with E-state index in [1.807, 2.05) is 31.2 Å². The number of hydrogen-bond acceptors (Lipinski definition) is 2. The molecule has 3 nitrogen and oxygen atoms in total. The summed E-state index contributed by atoms with van der Waals surface area (Å²) in [7, 11) is 0. The van der Waals surface area contributed by atoms with Crippen molar-refractivity contribution in [1.29, 1.82) is 0 Å². The van der Waals surface area contributed by atoms with Gasteiger partial charge in [0.1, 0.15) is 0 Å². The van der Waals surface area contributed by atoms with Crippen LogP contribution in [0.4, 0.5) is 0 Å². The molecule has 2 fully saturated rings. The summed E-state index contributed by atoms with van der Waals surface area (Å²) in [5.74, 6) is 1.23. The zero-order chi connectivity index (χ0) is 14.1. The summed E-state index contributed by atoms with van der Waals surface area (Å²) in [6, 6.07) is 8.48. The molecule has 1 amide bonds. The van der Waals surface area contributed by atoms with Gasteiger partial charge < -0.3 is 11.1 Å². The molecule has 0 aliphatic heterocycles. The molecule has 2 unspecified atom stereocenters. The number of hydrogen-bond donors (Lipinski definition) is 2. The smallest absolute Gasteiger partial charge is 0.251 e. The Kier molecular flexibility index (Phi) is 3.79. The quantitative estimate of drug-likeness (QED) is 0.869. The van der Waals surface area contributed by atoms with Crippen molar-refractivity contribution in [3.8, 4) is 0 Å². The number of benzene rings is 1. The van der Waals surface area contributed by atoms with Crippen molar-refractivity contribution in [3.05, 3.63) is 35.4 Å². The highest BCUT2D eigenvalue weighted by Gasteiger charge is 2.39. The van der Waals surface area contributed by atoms with Crippen LogP contribution in [-0.2, 0) is 0 Å². The molecule has 0 saturated heterocycles. The Hall–Kier alpha value is -1.35. The van der Waals surface area contributed by atoms with E-state index < -0.39 is 0 Å². The van der Waals surface area contributed by atoms with E-state index in [9.17, 15) is 4.79 Å². The van der Waals surface area contributed by atoms with Crippen LogP contribution in [0.2, 0.25) is 0 Å². The Labute approximate surface area is 120 Å². The zero-order valence-electron chi connectivity index (χ0n) is 12.1. The third kappa shape index (κ3) is 2.73. The van der Waals surface area contributed by atoms with Crippen LogP contribution in [0.3, 0.4) is 0 Å². The predicted molar refractivity (Wildman–Crippen MR) is 80.5 cm³/mol. The highest BCUT2D eigenvalue weighted by Crippen LogP contribution is 2.39. The summed E-state index contributed by atoms with van der Waals surface area (Å²) in [6.45, 7) is 2.02. The summed E-state index contributed by atoms with van der Waals surface area (Å²) in [6.07, 6.45) is 5.84. The molecule has 0 spiro atoms. The first-order valence-corrected chi connectivity index (χ1v) is 7.76. The molecule has 2 atom stereocenters. The molecule has 3 rings (SSSR count). The minimum absolute atomic E-state index is 0.0751. The highest BCUT2D eigenvalue weighted by atomic mass is 16.1. The van der Waals surface area contributed by atoms with E-state index in [0.29, 0.717) is 23.9 Å². The summed E-state index contributed by atoms with van der Waals surface area (Å²) >= 11 is 0. The van der Waals surface area contributed by atoms with Crippen molar-refractivity contribution in [3.63, 3.8) is 0 Å². The SMILES string of the molecule is Cc1cccc(C(=O)NC2C3CCCC2CC(N)C3)c1. The van der Waals surface area contributed by atoms with Crippen LogP contribution >= 0.6 is 0 Å². The van der Waals surface area contributed by atoms with E-state index in [-0.39, 0.29) is 5.91 Å². The summed E-state index contributed by atoms with van der Waals surface area (Å²) in [5, 5.41) is 3.29. The Morgan fingerprint density at radius 2 is 1.95 bits per heavy atom. The minimum atomic E-state index is 0.0751. The molecule has 3 heteroatoms. The Morgan fingerprint density at radius 3 is 2.60 bits per heavy atom. The monoisotopic (exact) mass is 272 g/mol. The molecule has 1 aromatic carbocycles. The normalized spacial score (nSPS) is 32.7. The van der Waals surface area contributed by atoms with Crippen LogP contribution in [0.15, 0.2) is 24.3 Å². The van der Waals surface area contributed by atoms with Crippen molar-refractivity contribution in [1.82, 2.24) is 5.32 Å². The van der Waals surface area contributed by atoms with Crippen LogP contribution in [0.5, 0.6) is 0 Å². The number of carbonyl (C=O) groups is 1. The second kappa shape index (κ2) is 5.57. The number of nitrogens with two attached hydrogens (primary N) is 1. The van der Waals surface area contributed by atoms with Crippen molar-refractivity contribution < 1.29 is 4.79 Å². The maximum Gasteiger partial charge on any atom is 0.251 e. The minimum Gasteiger partial charge on any atom is -0.349 e. The summed E-state index contributed by atoms with van der Waals surface area (Å²) < 4.78 is 0. The van der Waals surface area contributed by atoms with Gasteiger partial charge >= 0.3 is 0 Å². The van der Waals surface area contributed by atoms with E-state index in [1.54, 1.807) is 0 Å². The average molecular weight is 272 g/mol. The molecule has 0 heterocycles. The fraction of sp³-hybridized carbons (Fsp3) is 0.588. The van der Waals surface area contributed by atoms with Gasteiger partial charge in [0.2, 0.25) is 0 Å². The van der Waals surface area contributed by atoms with Gasteiger partial charge in [-0.3, -0.25) is 4.79 Å². The molecule has 20 heavy (non-hydrogen) atoms. The lowest BCUT2D eigenvalue weighted by Crippen LogP contribution is -2.53. The molecular weight excluding hydrogens is 248 g/mol. The largest absolute Gasteiger partial charge is 0.349 e. The van der Waals surface area contributed by atoms with Gasteiger partial charge in [0.25, 0.3) is 5.91 Å². The van der Waals surface area contributed by atoms with E-state index >= 15 is 0 Å². The van der Waals surface area contributed by atoms with Gasteiger partial charge in [-0.25, -0.2) is 0 Å². The fourth-order valence-corrected chi connectivity index (χ4v) is 4.05. The van der Waals surface area contributed by atoms with Gasteiger partial charge in [0, 0.05) is 17.6 Å². The lowest BCUT2D eigenvalue weighted by molar-refractivity contribution is 0.0756. The lowest BCUT2D eigenvalue weighted by atomic mass is 9.67. The second-order valence-electron chi connectivity index (χ2n) is 6.55. The Balaban J connectivity index is 1.72. The second-order valence-corrected chi connectivity index (χ2v) is 6.55. The average Bonchev–Trinajstić information content (AvgIpc) is 2.39.